The van der Waals surface area contributed by atoms with Crippen molar-refractivity contribution in [1.82, 2.24) is 0 Å². The van der Waals surface area contributed by atoms with Crippen molar-refractivity contribution in [3.63, 3.8) is 0 Å². The number of nitrogens with zero attached hydrogens (tertiary/aromatic N) is 1. The number of hydrogen-bond acceptors (Lipinski definition) is 4. The highest BCUT2D eigenvalue weighted by Crippen LogP contribution is 2.31. The van der Waals surface area contributed by atoms with Gasteiger partial charge in [0, 0.05) is 38.5 Å². The first-order chi connectivity index (χ1) is 9.85. The van der Waals surface area contributed by atoms with Crippen LogP contribution in [0.2, 0.25) is 0 Å². The molecule has 0 aliphatic heterocycles. The van der Waals surface area contributed by atoms with Crippen molar-refractivity contribution in [3.05, 3.63) is 29.8 Å². The Hall–Kier alpha value is -1.10. The van der Waals surface area contributed by atoms with Crippen molar-refractivity contribution in [2.45, 2.75) is 31.8 Å². The lowest BCUT2D eigenvalue weighted by atomic mass is 10.2. The second-order valence-electron chi connectivity index (χ2n) is 5.25. The quantitative estimate of drug-likeness (QED) is 0.666. The van der Waals surface area contributed by atoms with Crippen molar-refractivity contribution >= 4 is 5.69 Å². The third-order valence-corrected chi connectivity index (χ3v) is 3.61. The Bertz CT molecular complexity index is 377. The van der Waals surface area contributed by atoms with E-state index in [1.165, 1.54) is 24.1 Å². The first-order valence-corrected chi connectivity index (χ1v) is 7.47. The minimum Gasteiger partial charge on any atom is -0.382 e. The van der Waals surface area contributed by atoms with E-state index in [1.54, 1.807) is 7.11 Å². The van der Waals surface area contributed by atoms with Gasteiger partial charge in [-0.25, -0.2) is 0 Å². The highest BCUT2D eigenvalue weighted by molar-refractivity contribution is 5.49. The summed E-state index contributed by atoms with van der Waals surface area (Å²) in [6.07, 6.45) is 3.67. The molecule has 4 heteroatoms. The summed E-state index contributed by atoms with van der Waals surface area (Å²) in [6, 6.07) is 9.34. The normalized spacial score (nSPS) is 14.5. The summed E-state index contributed by atoms with van der Waals surface area (Å²) in [7, 11) is 1.70. The van der Waals surface area contributed by atoms with Gasteiger partial charge in [0.2, 0.25) is 0 Å². The SMILES string of the molecule is COCCOCCCN(c1ccc(CN)cc1)C1CC1. The molecule has 1 aliphatic rings. The first kappa shape index (κ1) is 15.3. The molecule has 0 spiro atoms. The second kappa shape index (κ2) is 8.25. The first-order valence-electron chi connectivity index (χ1n) is 7.47. The van der Waals surface area contributed by atoms with Crippen LogP contribution in [0.15, 0.2) is 24.3 Å². The van der Waals surface area contributed by atoms with Gasteiger partial charge >= 0.3 is 0 Å². The van der Waals surface area contributed by atoms with Gasteiger partial charge in [0.1, 0.15) is 0 Å². The van der Waals surface area contributed by atoms with E-state index in [0.29, 0.717) is 19.8 Å². The zero-order valence-electron chi connectivity index (χ0n) is 12.4. The van der Waals surface area contributed by atoms with E-state index in [9.17, 15) is 0 Å². The van der Waals surface area contributed by atoms with Gasteiger partial charge in [-0.15, -0.1) is 0 Å². The van der Waals surface area contributed by atoms with Crippen LogP contribution >= 0.6 is 0 Å². The monoisotopic (exact) mass is 278 g/mol. The molecule has 1 aliphatic carbocycles. The van der Waals surface area contributed by atoms with Crippen LogP contribution in [-0.4, -0.2) is 39.5 Å². The molecule has 4 nitrogen and oxygen atoms in total. The fraction of sp³-hybridized carbons (Fsp3) is 0.625. The molecule has 1 saturated carbocycles. The number of hydrogen-bond donors (Lipinski definition) is 1. The fourth-order valence-corrected chi connectivity index (χ4v) is 2.31. The molecule has 2 N–H and O–H groups in total. The maximum Gasteiger partial charge on any atom is 0.0700 e. The molecule has 0 amide bonds. The molecule has 0 aromatic heterocycles. The van der Waals surface area contributed by atoms with Gasteiger partial charge < -0.3 is 20.1 Å². The number of rotatable bonds is 10. The number of benzene rings is 1. The lowest BCUT2D eigenvalue weighted by Gasteiger charge is -2.25. The molecule has 0 heterocycles. The summed E-state index contributed by atoms with van der Waals surface area (Å²) in [5.41, 5.74) is 8.14. The van der Waals surface area contributed by atoms with Crippen molar-refractivity contribution in [2.75, 3.05) is 38.4 Å². The maximum atomic E-state index is 5.65. The van der Waals surface area contributed by atoms with Crippen LogP contribution in [-0.2, 0) is 16.0 Å². The van der Waals surface area contributed by atoms with E-state index in [0.717, 1.165) is 25.6 Å². The predicted molar refractivity (Wildman–Crippen MR) is 82.0 cm³/mol. The molecule has 20 heavy (non-hydrogen) atoms. The van der Waals surface area contributed by atoms with Gasteiger partial charge in [-0.3, -0.25) is 0 Å². The lowest BCUT2D eigenvalue weighted by molar-refractivity contribution is 0.0700. The zero-order valence-corrected chi connectivity index (χ0v) is 12.4. The van der Waals surface area contributed by atoms with E-state index in [4.69, 9.17) is 15.2 Å². The summed E-state index contributed by atoms with van der Waals surface area (Å²) in [5.74, 6) is 0. The molecule has 1 aromatic rings. The van der Waals surface area contributed by atoms with E-state index in [-0.39, 0.29) is 0 Å². The molecule has 1 fully saturated rings. The molecule has 0 saturated heterocycles. The molecule has 0 radical (unpaired) electrons. The summed E-state index contributed by atoms with van der Waals surface area (Å²) >= 11 is 0. The van der Waals surface area contributed by atoms with Gasteiger partial charge in [0.25, 0.3) is 0 Å². The number of methoxy groups -OCH3 is 1. The van der Waals surface area contributed by atoms with Gasteiger partial charge in [-0.2, -0.15) is 0 Å². The summed E-state index contributed by atoms with van der Waals surface area (Å²) in [6.45, 7) is 3.82. The predicted octanol–water partition coefficient (Wildman–Crippen LogP) is 2.17. The van der Waals surface area contributed by atoms with Crippen LogP contribution in [0.3, 0.4) is 0 Å². The number of ether oxygens (including phenoxy) is 2. The molecular formula is C16H26N2O2. The van der Waals surface area contributed by atoms with Crippen LogP contribution in [0.1, 0.15) is 24.8 Å². The Kier molecular flexibility index (Phi) is 6.30. The fourth-order valence-electron chi connectivity index (χ4n) is 2.31. The Labute approximate surface area is 121 Å². The van der Waals surface area contributed by atoms with Crippen LogP contribution in [0, 0.1) is 0 Å². The minimum absolute atomic E-state index is 0.608. The second-order valence-corrected chi connectivity index (χ2v) is 5.25. The van der Waals surface area contributed by atoms with Crippen LogP contribution in [0.4, 0.5) is 5.69 Å². The van der Waals surface area contributed by atoms with Crippen molar-refractivity contribution in [3.8, 4) is 0 Å². The third-order valence-electron chi connectivity index (χ3n) is 3.61. The molecule has 0 atom stereocenters. The molecular weight excluding hydrogens is 252 g/mol. The van der Waals surface area contributed by atoms with Gasteiger partial charge in [0.15, 0.2) is 0 Å². The van der Waals surface area contributed by atoms with E-state index >= 15 is 0 Å². The van der Waals surface area contributed by atoms with E-state index in [2.05, 4.69) is 29.2 Å². The van der Waals surface area contributed by atoms with Crippen molar-refractivity contribution < 1.29 is 9.47 Å². The smallest absolute Gasteiger partial charge is 0.0700 e. The largest absolute Gasteiger partial charge is 0.382 e. The van der Waals surface area contributed by atoms with Crippen LogP contribution in [0.25, 0.3) is 0 Å². The highest BCUT2D eigenvalue weighted by Gasteiger charge is 2.28. The van der Waals surface area contributed by atoms with Crippen LogP contribution < -0.4 is 10.6 Å². The summed E-state index contributed by atoms with van der Waals surface area (Å²) in [5, 5.41) is 0. The Morgan fingerprint density at radius 1 is 1.15 bits per heavy atom. The van der Waals surface area contributed by atoms with Crippen molar-refractivity contribution in [2.24, 2.45) is 5.73 Å². The average molecular weight is 278 g/mol. The van der Waals surface area contributed by atoms with E-state index < -0.39 is 0 Å². The molecule has 1 aromatic carbocycles. The van der Waals surface area contributed by atoms with Crippen LogP contribution in [0.5, 0.6) is 0 Å². The maximum absolute atomic E-state index is 5.65. The third kappa shape index (κ3) is 4.78. The van der Waals surface area contributed by atoms with Crippen molar-refractivity contribution in [1.29, 1.82) is 0 Å². The minimum atomic E-state index is 0.608. The molecule has 0 bridgehead atoms. The number of nitrogens with two attached hydrogens (primary N) is 1. The topological polar surface area (TPSA) is 47.7 Å². The zero-order chi connectivity index (χ0) is 14.2. The van der Waals surface area contributed by atoms with Gasteiger partial charge in [0.05, 0.1) is 13.2 Å². The highest BCUT2D eigenvalue weighted by atomic mass is 16.5. The van der Waals surface area contributed by atoms with Gasteiger partial charge in [-0.05, 0) is 37.0 Å². The summed E-state index contributed by atoms with van der Waals surface area (Å²) in [4.78, 5) is 2.50. The van der Waals surface area contributed by atoms with Gasteiger partial charge in [-0.1, -0.05) is 12.1 Å². The van der Waals surface area contributed by atoms with E-state index in [1.807, 2.05) is 0 Å². The summed E-state index contributed by atoms with van der Waals surface area (Å²) < 4.78 is 10.5. The molecule has 2 rings (SSSR count). The average Bonchev–Trinajstić information content (AvgIpc) is 3.31. The lowest BCUT2D eigenvalue weighted by Crippen LogP contribution is -2.27. The standard InChI is InChI=1S/C16H26N2O2/c1-19-11-12-20-10-2-9-18(16-7-8-16)15-5-3-14(13-17)4-6-15/h3-6,16H,2,7-13,17H2,1H3. The number of anilines is 1. The molecule has 0 unspecified atom stereocenters. The Morgan fingerprint density at radius 2 is 1.90 bits per heavy atom. The Balaban J connectivity index is 1.78. The molecule has 112 valence electrons. The Morgan fingerprint density at radius 3 is 2.50 bits per heavy atom.